The summed E-state index contributed by atoms with van der Waals surface area (Å²) in [7, 11) is 3.17. The largest absolute Gasteiger partial charge is 0.478 e. The zero-order chi connectivity index (χ0) is 8.81. The van der Waals surface area contributed by atoms with Crippen molar-refractivity contribution >= 4 is 6.40 Å². The van der Waals surface area contributed by atoms with Crippen LogP contribution in [0.4, 0.5) is 0 Å². The van der Waals surface area contributed by atoms with Crippen LogP contribution in [0.1, 0.15) is 0 Å². The maximum absolute atomic E-state index is 5.10. The van der Waals surface area contributed by atoms with Crippen molar-refractivity contribution in [3.63, 3.8) is 0 Å². The fourth-order valence-electron chi connectivity index (χ4n) is 0.729. The molecule has 1 heterocycles. The molecule has 4 nitrogen and oxygen atoms in total. The van der Waals surface area contributed by atoms with Gasteiger partial charge in [-0.15, -0.1) is 0 Å². The first-order valence-electron chi connectivity index (χ1n) is 3.44. The number of aromatic nitrogens is 1. The standard InChI is InChI=1S/C8H10N2O2/c1-9-6-12-7-4-3-5-10-8(7)11-2/h3-6H,1-2H3. The summed E-state index contributed by atoms with van der Waals surface area (Å²) >= 11 is 0. The molecule has 0 atom stereocenters. The van der Waals surface area contributed by atoms with E-state index in [0.29, 0.717) is 11.6 Å². The molecule has 1 aromatic heterocycles. The van der Waals surface area contributed by atoms with Gasteiger partial charge in [-0.25, -0.2) is 4.98 Å². The molecular weight excluding hydrogens is 156 g/mol. The van der Waals surface area contributed by atoms with E-state index in [1.807, 2.05) is 0 Å². The van der Waals surface area contributed by atoms with Gasteiger partial charge < -0.3 is 9.47 Å². The molecule has 0 spiro atoms. The molecular formula is C8H10N2O2. The number of rotatable bonds is 3. The summed E-state index contributed by atoms with van der Waals surface area (Å²) in [6.45, 7) is 0. The lowest BCUT2D eigenvalue weighted by atomic mass is 10.4. The second-order valence-corrected chi connectivity index (χ2v) is 1.99. The number of ether oxygens (including phenoxy) is 2. The zero-order valence-corrected chi connectivity index (χ0v) is 7.02. The Bertz CT molecular complexity index is 274. The average molecular weight is 166 g/mol. The van der Waals surface area contributed by atoms with E-state index < -0.39 is 0 Å². The summed E-state index contributed by atoms with van der Waals surface area (Å²) in [6.07, 6.45) is 2.97. The Kier molecular flexibility index (Phi) is 3.07. The van der Waals surface area contributed by atoms with Gasteiger partial charge in [-0.1, -0.05) is 0 Å². The molecule has 1 aromatic rings. The SMILES string of the molecule is CN=COc1cccnc1OC. The van der Waals surface area contributed by atoms with Crippen molar-refractivity contribution in [3.8, 4) is 11.6 Å². The lowest BCUT2D eigenvalue weighted by Gasteiger charge is -2.03. The van der Waals surface area contributed by atoms with E-state index in [-0.39, 0.29) is 0 Å². The predicted octanol–water partition coefficient (Wildman–Crippen LogP) is 1.13. The summed E-state index contributed by atoms with van der Waals surface area (Å²) in [6, 6.07) is 3.52. The summed E-state index contributed by atoms with van der Waals surface area (Å²) in [4.78, 5) is 7.62. The van der Waals surface area contributed by atoms with Gasteiger partial charge in [-0.05, 0) is 12.1 Å². The molecule has 0 N–H and O–H groups in total. The van der Waals surface area contributed by atoms with Crippen LogP contribution in [0.25, 0.3) is 0 Å². The predicted molar refractivity (Wildman–Crippen MR) is 45.8 cm³/mol. The van der Waals surface area contributed by atoms with Crippen molar-refractivity contribution in [3.05, 3.63) is 18.3 Å². The van der Waals surface area contributed by atoms with Gasteiger partial charge in [0.2, 0.25) is 0 Å². The van der Waals surface area contributed by atoms with Crippen LogP contribution < -0.4 is 9.47 Å². The monoisotopic (exact) mass is 166 g/mol. The Morgan fingerprint density at radius 3 is 3.08 bits per heavy atom. The van der Waals surface area contributed by atoms with E-state index in [4.69, 9.17) is 9.47 Å². The quantitative estimate of drug-likeness (QED) is 0.499. The van der Waals surface area contributed by atoms with Gasteiger partial charge >= 0.3 is 0 Å². The topological polar surface area (TPSA) is 43.7 Å². The fraction of sp³-hybridized carbons (Fsp3) is 0.250. The smallest absolute Gasteiger partial charge is 0.257 e. The van der Waals surface area contributed by atoms with Crippen LogP contribution in [0.15, 0.2) is 23.3 Å². The van der Waals surface area contributed by atoms with Gasteiger partial charge in [0.15, 0.2) is 12.2 Å². The molecule has 12 heavy (non-hydrogen) atoms. The van der Waals surface area contributed by atoms with Crippen molar-refractivity contribution in [1.29, 1.82) is 0 Å². The first-order valence-corrected chi connectivity index (χ1v) is 3.44. The van der Waals surface area contributed by atoms with Crippen LogP contribution in [0.5, 0.6) is 11.6 Å². The molecule has 0 amide bonds. The van der Waals surface area contributed by atoms with Gasteiger partial charge in [0.1, 0.15) is 0 Å². The maximum Gasteiger partial charge on any atom is 0.257 e. The Morgan fingerprint density at radius 1 is 1.58 bits per heavy atom. The summed E-state index contributed by atoms with van der Waals surface area (Å²) in [5.41, 5.74) is 0. The number of hydrogen-bond donors (Lipinski definition) is 0. The van der Waals surface area contributed by atoms with Crippen LogP contribution in [-0.2, 0) is 0 Å². The highest BCUT2D eigenvalue weighted by atomic mass is 16.5. The maximum atomic E-state index is 5.10. The minimum atomic E-state index is 0.456. The Labute approximate surface area is 70.9 Å². The van der Waals surface area contributed by atoms with Gasteiger partial charge in [0.25, 0.3) is 5.88 Å². The van der Waals surface area contributed by atoms with Crippen molar-refractivity contribution in [1.82, 2.24) is 4.98 Å². The minimum absolute atomic E-state index is 0.456. The van der Waals surface area contributed by atoms with E-state index in [0.717, 1.165) is 0 Å². The first-order chi connectivity index (χ1) is 5.88. The number of hydrogen-bond acceptors (Lipinski definition) is 4. The molecule has 64 valence electrons. The lowest BCUT2D eigenvalue weighted by Crippen LogP contribution is -1.94. The van der Waals surface area contributed by atoms with Crippen molar-refractivity contribution < 1.29 is 9.47 Å². The Balaban J connectivity index is 2.81. The molecule has 0 aliphatic heterocycles. The second kappa shape index (κ2) is 4.33. The molecule has 0 aliphatic carbocycles. The van der Waals surface area contributed by atoms with E-state index in [1.54, 1.807) is 25.4 Å². The molecule has 1 rings (SSSR count). The highest BCUT2D eigenvalue weighted by Gasteiger charge is 2.01. The molecule has 0 saturated carbocycles. The third-order valence-corrected chi connectivity index (χ3v) is 1.21. The van der Waals surface area contributed by atoms with Gasteiger partial charge in [-0.3, -0.25) is 4.99 Å². The van der Waals surface area contributed by atoms with Crippen LogP contribution in [0.3, 0.4) is 0 Å². The minimum Gasteiger partial charge on any atom is -0.478 e. The average Bonchev–Trinajstić information content (AvgIpc) is 2.15. The third kappa shape index (κ3) is 1.95. The highest BCUT2D eigenvalue weighted by Crippen LogP contribution is 2.21. The molecule has 0 unspecified atom stereocenters. The van der Waals surface area contributed by atoms with Gasteiger partial charge in [0.05, 0.1) is 7.11 Å². The molecule has 0 fully saturated rings. The van der Waals surface area contributed by atoms with E-state index in [2.05, 4.69) is 9.98 Å². The fourth-order valence-corrected chi connectivity index (χ4v) is 0.729. The van der Waals surface area contributed by atoms with Crippen LogP contribution in [0, 0.1) is 0 Å². The molecule has 0 radical (unpaired) electrons. The third-order valence-electron chi connectivity index (χ3n) is 1.21. The summed E-state index contributed by atoms with van der Waals surface area (Å²) in [5, 5.41) is 0. The number of aliphatic imine (C=N–C) groups is 1. The van der Waals surface area contributed by atoms with Gasteiger partial charge in [0, 0.05) is 13.2 Å². The molecule has 0 aliphatic rings. The number of methoxy groups -OCH3 is 1. The van der Waals surface area contributed by atoms with E-state index in [9.17, 15) is 0 Å². The Hall–Kier alpha value is -1.58. The molecule has 0 aromatic carbocycles. The van der Waals surface area contributed by atoms with Crippen LogP contribution >= 0.6 is 0 Å². The second-order valence-electron chi connectivity index (χ2n) is 1.99. The molecule has 0 bridgehead atoms. The van der Waals surface area contributed by atoms with E-state index >= 15 is 0 Å². The molecule has 4 heteroatoms. The lowest BCUT2D eigenvalue weighted by molar-refractivity contribution is 0.377. The van der Waals surface area contributed by atoms with Crippen molar-refractivity contribution in [2.45, 2.75) is 0 Å². The van der Waals surface area contributed by atoms with E-state index in [1.165, 1.54) is 13.5 Å². The van der Waals surface area contributed by atoms with Crippen molar-refractivity contribution in [2.75, 3.05) is 14.2 Å². The summed E-state index contributed by atoms with van der Waals surface area (Å²) in [5.74, 6) is 1.02. The van der Waals surface area contributed by atoms with Crippen LogP contribution in [-0.4, -0.2) is 25.5 Å². The van der Waals surface area contributed by atoms with Crippen molar-refractivity contribution in [2.24, 2.45) is 4.99 Å². The zero-order valence-electron chi connectivity index (χ0n) is 7.02. The summed E-state index contributed by atoms with van der Waals surface area (Å²) < 4.78 is 10.0. The number of pyridine rings is 1. The normalized spacial score (nSPS) is 10.2. The van der Waals surface area contributed by atoms with Crippen LogP contribution in [0.2, 0.25) is 0 Å². The first kappa shape index (κ1) is 8.52. The molecule has 0 saturated heterocycles. The van der Waals surface area contributed by atoms with Gasteiger partial charge in [-0.2, -0.15) is 0 Å². The Morgan fingerprint density at radius 2 is 2.42 bits per heavy atom. The number of nitrogens with zero attached hydrogens (tertiary/aromatic N) is 2. The highest BCUT2D eigenvalue weighted by molar-refractivity contribution is 5.53.